The molecule has 2 amide bonds. The maximum Gasteiger partial charge on any atom is 0.332 e. The summed E-state index contributed by atoms with van der Waals surface area (Å²) in [6.07, 6.45) is 6.34. The first-order valence-corrected chi connectivity index (χ1v) is 13.7. The second kappa shape index (κ2) is 12.2. The molecule has 8 nitrogen and oxygen atoms in total. The molecule has 0 radical (unpaired) electrons. The molecule has 1 unspecified atom stereocenters. The molecule has 1 fully saturated rings. The fourth-order valence-corrected chi connectivity index (χ4v) is 5.78. The number of unbranched alkanes of at least 4 members (excludes halogenated alkanes) is 2. The van der Waals surface area contributed by atoms with E-state index >= 15 is 0 Å². The number of anilines is 1. The minimum Gasteiger partial charge on any atom is -0.338 e. The predicted octanol–water partition coefficient (Wildman–Crippen LogP) is 4.21. The van der Waals surface area contributed by atoms with Gasteiger partial charge in [0.15, 0.2) is 0 Å². The zero-order valence-corrected chi connectivity index (χ0v) is 21.6. The van der Waals surface area contributed by atoms with Crippen LogP contribution < -0.4 is 16.6 Å². The maximum atomic E-state index is 13.3. The zero-order chi connectivity index (χ0) is 25.5. The van der Waals surface area contributed by atoms with Gasteiger partial charge >= 0.3 is 5.69 Å². The summed E-state index contributed by atoms with van der Waals surface area (Å²) in [4.78, 5) is 53.6. The zero-order valence-electron chi connectivity index (χ0n) is 20.8. The first-order chi connectivity index (χ1) is 17.5. The van der Waals surface area contributed by atoms with Crippen LogP contribution in [-0.4, -0.2) is 38.4 Å². The molecule has 1 saturated heterocycles. The summed E-state index contributed by atoms with van der Waals surface area (Å²) in [5, 5.41) is 4.65. The summed E-state index contributed by atoms with van der Waals surface area (Å²) in [5.74, 6) is -0.117. The number of carbonyl (C=O) groups excluding carboxylic acids is 2. The van der Waals surface area contributed by atoms with Gasteiger partial charge in [0.2, 0.25) is 11.8 Å². The van der Waals surface area contributed by atoms with Crippen LogP contribution in [0.1, 0.15) is 58.3 Å². The highest BCUT2D eigenvalue weighted by atomic mass is 32.1. The van der Waals surface area contributed by atoms with Gasteiger partial charge in [-0.25, -0.2) is 4.79 Å². The van der Waals surface area contributed by atoms with Crippen LogP contribution in [0, 0.1) is 0 Å². The molecule has 1 aromatic carbocycles. The van der Waals surface area contributed by atoms with Crippen LogP contribution in [-0.2, 0) is 22.7 Å². The lowest BCUT2D eigenvalue weighted by molar-refractivity contribution is -0.135. The van der Waals surface area contributed by atoms with Gasteiger partial charge in [0.1, 0.15) is 11.2 Å². The average Bonchev–Trinajstić information content (AvgIpc) is 3.38. The van der Waals surface area contributed by atoms with Gasteiger partial charge in [0.25, 0.3) is 5.56 Å². The summed E-state index contributed by atoms with van der Waals surface area (Å²) in [6.45, 7) is 3.02. The van der Waals surface area contributed by atoms with Crippen molar-refractivity contribution in [2.24, 2.45) is 0 Å². The van der Waals surface area contributed by atoms with Crippen LogP contribution in [0.25, 0.3) is 10.2 Å². The number of nitrogens with one attached hydrogen (secondary N) is 1. The smallest absolute Gasteiger partial charge is 0.332 e. The lowest BCUT2D eigenvalue weighted by Crippen LogP contribution is -2.47. The molecule has 0 saturated carbocycles. The number of carbonyl (C=O) groups is 2. The van der Waals surface area contributed by atoms with Gasteiger partial charge in [-0.2, -0.15) is 0 Å². The summed E-state index contributed by atoms with van der Waals surface area (Å²) in [5.41, 5.74) is 0.552. The standard InChI is InChI=1S/C27H34N4O4S/c1-2-21-13-8-10-16-29(21)24(33)19-31-22-15-18-36-25(22)26(34)30(27(31)35)17-9-4-7-14-23(32)28-20-11-5-3-6-12-20/h3,5-6,11-12,15,18,21H,2,4,7-10,13-14,16-17,19H2,1H3,(H,28,32). The van der Waals surface area contributed by atoms with Gasteiger partial charge in [-0.05, 0) is 62.1 Å². The van der Waals surface area contributed by atoms with Crippen LogP contribution in [0.3, 0.4) is 0 Å². The second-order valence-corrected chi connectivity index (χ2v) is 10.2. The first kappa shape index (κ1) is 25.9. The number of amides is 2. The Bertz CT molecular complexity index is 1310. The van der Waals surface area contributed by atoms with E-state index in [4.69, 9.17) is 0 Å². The van der Waals surface area contributed by atoms with Crippen molar-refractivity contribution in [2.75, 3.05) is 11.9 Å². The lowest BCUT2D eigenvalue weighted by Gasteiger charge is -2.35. The number of rotatable bonds is 10. The molecule has 3 aromatic rings. The molecule has 1 aliphatic rings. The Balaban J connectivity index is 1.40. The largest absolute Gasteiger partial charge is 0.338 e. The van der Waals surface area contributed by atoms with E-state index in [1.54, 1.807) is 11.4 Å². The van der Waals surface area contributed by atoms with Crippen molar-refractivity contribution in [2.45, 2.75) is 77.4 Å². The number of piperidine rings is 1. The van der Waals surface area contributed by atoms with Crippen LogP contribution in [0.2, 0.25) is 0 Å². The SMILES string of the molecule is CCC1CCCCN1C(=O)Cn1c(=O)n(CCCCCC(=O)Nc2ccccc2)c(=O)c2sccc21. The molecule has 0 spiro atoms. The second-order valence-electron chi connectivity index (χ2n) is 9.33. The van der Waals surface area contributed by atoms with Crippen LogP contribution >= 0.6 is 11.3 Å². The van der Waals surface area contributed by atoms with E-state index in [9.17, 15) is 19.2 Å². The summed E-state index contributed by atoms with van der Waals surface area (Å²) in [6, 6.07) is 11.3. The maximum absolute atomic E-state index is 13.3. The fraction of sp³-hybridized carbons (Fsp3) is 0.481. The minimum absolute atomic E-state index is 0.0531. The van der Waals surface area contributed by atoms with E-state index in [0.29, 0.717) is 35.9 Å². The molecular formula is C27H34N4O4S. The van der Waals surface area contributed by atoms with E-state index < -0.39 is 5.69 Å². The highest BCUT2D eigenvalue weighted by Crippen LogP contribution is 2.21. The summed E-state index contributed by atoms with van der Waals surface area (Å²) < 4.78 is 3.21. The average molecular weight is 511 g/mol. The quantitative estimate of drug-likeness (QED) is 0.414. The predicted molar refractivity (Wildman–Crippen MR) is 144 cm³/mol. The van der Waals surface area contributed by atoms with E-state index in [1.807, 2.05) is 35.2 Å². The van der Waals surface area contributed by atoms with Crippen molar-refractivity contribution in [3.63, 3.8) is 0 Å². The number of para-hydroxylation sites is 1. The number of hydrogen-bond donors (Lipinski definition) is 1. The first-order valence-electron chi connectivity index (χ1n) is 12.8. The molecule has 36 heavy (non-hydrogen) atoms. The Kier molecular flexibility index (Phi) is 8.74. The summed E-state index contributed by atoms with van der Waals surface area (Å²) >= 11 is 1.30. The van der Waals surface area contributed by atoms with Gasteiger partial charge in [-0.3, -0.25) is 23.5 Å². The van der Waals surface area contributed by atoms with E-state index in [-0.39, 0.29) is 36.5 Å². The summed E-state index contributed by atoms with van der Waals surface area (Å²) in [7, 11) is 0. The Morgan fingerprint density at radius 2 is 1.83 bits per heavy atom. The molecule has 1 N–H and O–H groups in total. The molecule has 0 bridgehead atoms. The van der Waals surface area contributed by atoms with Crippen molar-refractivity contribution in [1.29, 1.82) is 0 Å². The van der Waals surface area contributed by atoms with Crippen molar-refractivity contribution in [3.05, 3.63) is 62.6 Å². The normalized spacial score (nSPS) is 15.8. The van der Waals surface area contributed by atoms with Crippen LogP contribution in [0.5, 0.6) is 0 Å². The molecule has 0 aliphatic carbocycles. The number of fused-ring (bicyclic) bond motifs is 1. The Morgan fingerprint density at radius 1 is 1.03 bits per heavy atom. The third kappa shape index (κ3) is 5.95. The molecule has 1 atom stereocenters. The van der Waals surface area contributed by atoms with Gasteiger partial charge in [-0.1, -0.05) is 31.5 Å². The third-order valence-corrected chi connectivity index (χ3v) is 7.78. The van der Waals surface area contributed by atoms with E-state index in [0.717, 1.165) is 37.9 Å². The van der Waals surface area contributed by atoms with Gasteiger partial charge < -0.3 is 10.2 Å². The third-order valence-electron chi connectivity index (χ3n) is 6.89. The van der Waals surface area contributed by atoms with Gasteiger partial charge in [0, 0.05) is 31.2 Å². The topological polar surface area (TPSA) is 93.4 Å². The van der Waals surface area contributed by atoms with Gasteiger partial charge in [-0.15, -0.1) is 11.3 Å². The Morgan fingerprint density at radius 3 is 2.61 bits per heavy atom. The number of benzene rings is 1. The minimum atomic E-state index is -0.439. The molecule has 192 valence electrons. The van der Waals surface area contributed by atoms with Crippen molar-refractivity contribution < 1.29 is 9.59 Å². The van der Waals surface area contributed by atoms with Crippen molar-refractivity contribution in [1.82, 2.24) is 14.0 Å². The highest BCUT2D eigenvalue weighted by Gasteiger charge is 2.26. The molecule has 1 aliphatic heterocycles. The number of hydrogen-bond acceptors (Lipinski definition) is 5. The van der Waals surface area contributed by atoms with Gasteiger partial charge in [0.05, 0.1) is 5.52 Å². The van der Waals surface area contributed by atoms with E-state index in [1.165, 1.54) is 20.5 Å². The molecule has 4 rings (SSSR count). The van der Waals surface area contributed by atoms with Crippen molar-refractivity contribution >= 4 is 39.1 Å². The number of likely N-dealkylation sites (tertiary alicyclic amines) is 1. The van der Waals surface area contributed by atoms with Crippen LogP contribution in [0.4, 0.5) is 5.69 Å². The lowest BCUT2D eigenvalue weighted by atomic mass is 10.00. The Labute approximate surface area is 214 Å². The fourth-order valence-electron chi connectivity index (χ4n) is 4.94. The highest BCUT2D eigenvalue weighted by molar-refractivity contribution is 7.17. The number of thiophene rings is 1. The van der Waals surface area contributed by atoms with Crippen molar-refractivity contribution in [3.8, 4) is 0 Å². The molecule has 3 heterocycles. The van der Waals surface area contributed by atoms with E-state index in [2.05, 4.69) is 12.2 Å². The number of aromatic nitrogens is 2. The number of nitrogens with zero attached hydrogens (tertiary/aromatic N) is 3. The monoisotopic (exact) mass is 510 g/mol. The van der Waals surface area contributed by atoms with Crippen LogP contribution in [0.15, 0.2) is 51.4 Å². The molecular weight excluding hydrogens is 476 g/mol. The molecule has 2 aromatic heterocycles. The molecule has 9 heteroatoms. The Hall–Kier alpha value is -3.20.